The van der Waals surface area contributed by atoms with Crippen molar-refractivity contribution in [3.8, 4) is 5.75 Å². The number of carbonyl (C=O) groups is 2. The van der Waals surface area contributed by atoms with Crippen LogP contribution in [0.4, 0.5) is 11.4 Å². The molecule has 2 amide bonds. The third kappa shape index (κ3) is 7.31. The number of anilines is 2. The van der Waals surface area contributed by atoms with Gasteiger partial charge in [0.15, 0.2) is 0 Å². The Morgan fingerprint density at radius 2 is 1.61 bits per heavy atom. The summed E-state index contributed by atoms with van der Waals surface area (Å²) in [6.07, 6.45) is 1.02. The molecule has 28 heavy (non-hydrogen) atoms. The minimum absolute atomic E-state index is 0.126. The van der Waals surface area contributed by atoms with Gasteiger partial charge in [0.05, 0.1) is 13.2 Å². The number of nitrogens with one attached hydrogen (secondary N) is 3. The first-order chi connectivity index (χ1) is 13.5. The maximum Gasteiger partial charge on any atom is 0.251 e. The quantitative estimate of drug-likeness (QED) is 0.581. The van der Waals surface area contributed by atoms with Gasteiger partial charge in [-0.3, -0.25) is 9.59 Å². The van der Waals surface area contributed by atoms with Crippen LogP contribution in [-0.2, 0) is 4.79 Å². The smallest absolute Gasteiger partial charge is 0.251 e. The van der Waals surface area contributed by atoms with Gasteiger partial charge in [0, 0.05) is 23.5 Å². The SMILES string of the molecule is CCNC(=O)c1ccc(NC(=O)CNc2ccc(OCCC(C)C)cc2)cc1. The molecule has 0 aliphatic carbocycles. The van der Waals surface area contributed by atoms with Crippen LogP contribution in [-0.4, -0.2) is 31.5 Å². The molecule has 150 valence electrons. The molecule has 0 aromatic heterocycles. The molecule has 0 bridgehead atoms. The lowest BCUT2D eigenvalue weighted by atomic mass is 10.1. The van der Waals surface area contributed by atoms with Gasteiger partial charge in [0.1, 0.15) is 5.75 Å². The summed E-state index contributed by atoms with van der Waals surface area (Å²) in [6, 6.07) is 14.4. The molecule has 2 aromatic carbocycles. The summed E-state index contributed by atoms with van der Waals surface area (Å²) in [7, 11) is 0. The van der Waals surface area contributed by atoms with Crippen molar-refractivity contribution in [1.82, 2.24) is 5.32 Å². The largest absolute Gasteiger partial charge is 0.494 e. The molecule has 0 saturated heterocycles. The highest BCUT2D eigenvalue weighted by Crippen LogP contribution is 2.16. The van der Waals surface area contributed by atoms with Crippen LogP contribution >= 0.6 is 0 Å². The van der Waals surface area contributed by atoms with Gasteiger partial charge in [0.2, 0.25) is 5.91 Å². The van der Waals surface area contributed by atoms with E-state index in [0.717, 1.165) is 17.9 Å². The van der Waals surface area contributed by atoms with Crippen LogP contribution in [0.15, 0.2) is 48.5 Å². The molecule has 3 N–H and O–H groups in total. The monoisotopic (exact) mass is 383 g/mol. The summed E-state index contributed by atoms with van der Waals surface area (Å²) >= 11 is 0. The third-order valence-corrected chi connectivity index (χ3v) is 4.04. The zero-order valence-corrected chi connectivity index (χ0v) is 16.7. The molecular weight excluding hydrogens is 354 g/mol. The summed E-state index contributed by atoms with van der Waals surface area (Å²) in [4.78, 5) is 23.8. The Bertz CT molecular complexity index is 756. The Morgan fingerprint density at radius 1 is 0.964 bits per heavy atom. The van der Waals surface area contributed by atoms with Gasteiger partial charge in [-0.25, -0.2) is 0 Å². The summed E-state index contributed by atoms with van der Waals surface area (Å²) in [5, 5.41) is 8.62. The predicted octanol–water partition coefficient (Wildman–Crippen LogP) is 3.91. The number of carbonyl (C=O) groups excluding carboxylic acids is 2. The van der Waals surface area contributed by atoms with Crippen molar-refractivity contribution in [3.63, 3.8) is 0 Å². The van der Waals surface area contributed by atoms with Crippen LogP contribution in [0.2, 0.25) is 0 Å². The van der Waals surface area contributed by atoms with Crippen molar-refractivity contribution in [1.29, 1.82) is 0 Å². The summed E-state index contributed by atoms with van der Waals surface area (Å²) in [5.74, 6) is 1.15. The molecule has 0 atom stereocenters. The number of benzene rings is 2. The lowest BCUT2D eigenvalue weighted by Crippen LogP contribution is -2.23. The van der Waals surface area contributed by atoms with Crippen LogP contribution in [0.5, 0.6) is 5.75 Å². The van der Waals surface area contributed by atoms with Crippen LogP contribution in [0.3, 0.4) is 0 Å². The topological polar surface area (TPSA) is 79.5 Å². The first-order valence-corrected chi connectivity index (χ1v) is 9.62. The summed E-state index contributed by atoms with van der Waals surface area (Å²) < 4.78 is 5.68. The van der Waals surface area contributed by atoms with Crippen molar-refractivity contribution in [3.05, 3.63) is 54.1 Å². The highest BCUT2D eigenvalue weighted by molar-refractivity contribution is 5.96. The van der Waals surface area contributed by atoms with Gasteiger partial charge in [-0.15, -0.1) is 0 Å². The standard InChI is InChI=1S/C22H29N3O3/c1-4-23-22(27)17-5-7-19(8-6-17)25-21(26)15-24-18-9-11-20(12-10-18)28-14-13-16(2)3/h5-12,16,24H,4,13-15H2,1-3H3,(H,23,27)(H,25,26). The highest BCUT2D eigenvalue weighted by atomic mass is 16.5. The summed E-state index contributed by atoms with van der Waals surface area (Å²) in [6.45, 7) is 7.62. The highest BCUT2D eigenvalue weighted by Gasteiger charge is 2.06. The normalized spacial score (nSPS) is 10.4. The molecule has 6 nitrogen and oxygen atoms in total. The maximum atomic E-state index is 12.1. The summed E-state index contributed by atoms with van der Waals surface area (Å²) in [5.41, 5.74) is 2.06. The van der Waals surface area contributed by atoms with Gasteiger partial charge in [-0.05, 0) is 67.8 Å². The first-order valence-electron chi connectivity index (χ1n) is 9.62. The average molecular weight is 383 g/mol. The third-order valence-electron chi connectivity index (χ3n) is 4.04. The fourth-order valence-corrected chi connectivity index (χ4v) is 2.44. The zero-order chi connectivity index (χ0) is 20.4. The molecule has 0 spiro atoms. The predicted molar refractivity (Wildman–Crippen MR) is 113 cm³/mol. The Morgan fingerprint density at radius 3 is 2.21 bits per heavy atom. The Hall–Kier alpha value is -3.02. The minimum atomic E-state index is -0.164. The molecule has 0 fully saturated rings. The Labute approximate surface area is 166 Å². The van der Waals surface area contributed by atoms with Crippen molar-refractivity contribution >= 4 is 23.2 Å². The number of hydrogen-bond acceptors (Lipinski definition) is 4. The second-order valence-electron chi connectivity index (χ2n) is 6.89. The molecule has 0 unspecified atom stereocenters. The Kier molecular flexibility index (Phi) is 8.34. The van der Waals surface area contributed by atoms with Gasteiger partial charge in [0.25, 0.3) is 5.91 Å². The van der Waals surface area contributed by atoms with Crippen LogP contribution < -0.4 is 20.7 Å². The fourth-order valence-electron chi connectivity index (χ4n) is 2.44. The van der Waals surface area contributed by atoms with Crippen molar-refractivity contribution in [2.45, 2.75) is 27.2 Å². The Balaban J connectivity index is 1.76. The molecule has 2 aromatic rings. The molecule has 0 saturated carbocycles. The van der Waals surface area contributed by atoms with E-state index in [2.05, 4.69) is 29.8 Å². The van der Waals surface area contributed by atoms with Crippen LogP contribution in [0.25, 0.3) is 0 Å². The van der Waals surface area contributed by atoms with E-state index in [0.29, 0.717) is 30.3 Å². The number of hydrogen-bond donors (Lipinski definition) is 3. The van der Waals surface area contributed by atoms with E-state index in [-0.39, 0.29) is 18.4 Å². The van der Waals surface area contributed by atoms with E-state index in [1.54, 1.807) is 24.3 Å². The average Bonchev–Trinajstić information content (AvgIpc) is 2.68. The van der Waals surface area contributed by atoms with Gasteiger partial charge >= 0.3 is 0 Å². The molecule has 0 heterocycles. The van der Waals surface area contributed by atoms with Gasteiger partial charge < -0.3 is 20.7 Å². The zero-order valence-electron chi connectivity index (χ0n) is 16.7. The van der Waals surface area contributed by atoms with E-state index in [9.17, 15) is 9.59 Å². The molecular formula is C22H29N3O3. The molecule has 0 aliphatic rings. The maximum absolute atomic E-state index is 12.1. The first kappa shape index (κ1) is 21.3. The number of amides is 2. The van der Waals surface area contributed by atoms with Crippen LogP contribution in [0.1, 0.15) is 37.6 Å². The van der Waals surface area contributed by atoms with Gasteiger partial charge in [-0.2, -0.15) is 0 Å². The van der Waals surface area contributed by atoms with Crippen molar-refractivity contribution in [2.75, 3.05) is 30.3 Å². The van der Waals surface area contributed by atoms with E-state index < -0.39 is 0 Å². The van der Waals surface area contributed by atoms with Crippen LogP contribution in [0, 0.1) is 5.92 Å². The second kappa shape index (κ2) is 11.0. The lowest BCUT2D eigenvalue weighted by molar-refractivity contribution is -0.114. The minimum Gasteiger partial charge on any atom is -0.494 e. The second-order valence-corrected chi connectivity index (χ2v) is 6.89. The van der Waals surface area contributed by atoms with E-state index in [1.807, 2.05) is 31.2 Å². The van der Waals surface area contributed by atoms with E-state index in [1.165, 1.54) is 0 Å². The van der Waals surface area contributed by atoms with E-state index >= 15 is 0 Å². The lowest BCUT2D eigenvalue weighted by Gasteiger charge is -2.10. The van der Waals surface area contributed by atoms with Crippen molar-refractivity contribution in [2.24, 2.45) is 5.92 Å². The van der Waals surface area contributed by atoms with Crippen molar-refractivity contribution < 1.29 is 14.3 Å². The fraction of sp³-hybridized carbons (Fsp3) is 0.364. The number of rotatable bonds is 10. The molecule has 0 radical (unpaired) electrons. The van der Waals surface area contributed by atoms with Gasteiger partial charge in [-0.1, -0.05) is 13.8 Å². The molecule has 2 rings (SSSR count). The molecule has 6 heteroatoms. The number of ether oxygens (including phenoxy) is 1. The van der Waals surface area contributed by atoms with E-state index in [4.69, 9.17) is 4.74 Å². The molecule has 0 aliphatic heterocycles.